The third-order valence-electron chi connectivity index (χ3n) is 2.64. The molecule has 4 nitrogen and oxygen atoms in total. The Labute approximate surface area is 117 Å². The molecule has 1 atom stereocenters. The van der Waals surface area contributed by atoms with Crippen molar-refractivity contribution in [1.82, 2.24) is 5.32 Å². The smallest absolute Gasteiger partial charge is 0.328 e. The fourth-order valence-electron chi connectivity index (χ4n) is 1.65. The normalized spacial score (nSPS) is 11.7. The molecule has 0 bridgehead atoms. The number of carbonyl (C=O) groups is 2. The first kappa shape index (κ1) is 15.6. The number of methoxy groups -OCH3 is 1. The maximum absolute atomic E-state index is 11.9. The molecule has 1 aromatic rings. The third-order valence-corrected chi connectivity index (χ3v) is 3.28. The molecule has 0 aliphatic rings. The van der Waals surface area contributed by atoms with E-state index in [1.165, 1.54) is 7.11 Å². The Hall–Kier alpha value is -1.49. The van der Waals surface area contributed by atoms with Crippen molar-refractivity contribution in [1.29, 1.82) is 0 Å². The van der Waals surface area contributed by atoms with Crippen LogP contribution in [0.4, 0.5) is 0 Å². The molecule has 0 aliphatic heterocycles. The van der Waals surface area contributed by atoms with E-state index in [0.717, 1.165) is 11.3 Å². The van der Waals surface area contributed by atoms with Crippen molar-refractivity contribution in [2.75, 3.05) is 19.1 Å². The number of nitrogens with one attached hydrogen (secondary N) is 1. The van der Waals surface area contributed by atoms with Crippen molar-refractivity contribution in [3.63, 3.8) is 0 Å². The quantitative estimate of drug-likeness (QED) is 0.772. The molecule has 1 unspecified atom stereocenters. The predicted octanol–water partition coefficient (Wildman–Crippen LogP) is 1.64. The molecular formula is C14H19NO3S. The number of carbonyl (C=O) groups excluding carboxylic acids is 2. The molecule has 0 fully saturated rings. The standard InChI is InChI=1S/C14H19NO3S/c1-18-14(17)12(8-9-19-2)15-13(16)10-11-6-4-3-5-7-11/h3-7,12H,8-10H2,1-2H3,(H,15,16). The molecule has 19 heavy (non-hydrogen) atoms. The summed E-state index contributed by atoms with van der Waals surface area (Å²) >= 11 is 1.63. The first-order valence-electron chi connectivity index (χ1n) is 6.07. The van der Waals surface area contributed by atoms with Gasteiger partial charge in [0.1, 0.15) is 6.04 Å². The molecule has 0 spiro atoms. The van der Waals surface area contributed by atoms with Crippen molar-refractivity contribution in [3.05, 3.63) is 35.9 Å². The van der Waals surface area contributed by atoms with E-state index in [2.05, 4.69) is 5.32 Å². The van der Waals surface area contributed by atoms with Crippen LogP contribution in [0, 0.1) is 0 Å². The van der Waals surface area contributed by atoms with Gasteiger partial charge in [-0.1, -0.05) is 30.3 Å². The molecule has 0 aliphatic carbocycles. The van der Waals surface area contributed by atoms with Gasteiger partial charge in [0.2, 0.25) is 5.91 Å². The summed E-state index contributed by atoms with van der Waals surface area (Å²) in [7, 11) is 1.33. The van der Waals surface area contributed by atoms with Gasteiger partial charge in [-0.25, -0.2) is 4.79 Å². The third kappa shape index (κ3) is 5.79. The Morgan fingerprint density at radius 2 is 2.00 bits per heavy atom. The summed E-state index contributed by atoms with van der Waals surface area (Å²) in [5, 5.41) is 2.72. The van der Waals surface area contributed by atoms with Crippen molar-refractivity contribution in [2.45, 2.75) is 18.9 Å². The second kappa shape index (κ2) is 8.58. The van der Waals surface area contributed by atoms with Crippen LogP contribution in [-0.2, 0) is 20.7 Å². The number of esters is 1. The fraction of sp³-hybridized carbons (Fsp3) is 0.429. The molecule has 0 heterocycles. The van der Waals surface area contributed by atoms with Crippen LogP contribution >= 0.6 is 11.8 Å². The molecule has 0 saturated carbocycles. The van der Waals surface area contributed by atoms with Gasteiger partial charge in [0, 0.05) is 0 Å². The van der Waals surface area contributed by atoms with Crippen LogP contribution < -0.4 is 5.32 Å². The molecule has 1 N–H and O–H groups in total. The zero-order chi connectivity index (χ0) is 14.1. The molecule has 1 aromatic carbocycles. The van der Waals surface area contributed by atoms with Crippen LogP contribution in [0.25, 0.3) is 0 Å². The number of hydrogen-bond acceptors (Lipinski definition) is 4. The lowest BCUT2D eigenvalue weighted by atomic mass is 10.1. The minimum Gasteiger partial charge on any atom is -0.467 e. The van der Waals surface area contributed by atoms with Crippen LogP contribution in [0.1, 0.15) is 12.0 Å². The summed E-state index contributed by atoms with van der Waals surface area (Å²) in [6.07, 6.45) is 2.81. The van der Waals surface area contributed by atoms with Crippen molar-refractivity contribution in [2.24, 2.45) is 0 Å². The number of benzene rings is 1. The average Bonchev–Trinajstić information content (AvgIpc) is 2.43. The summed E-state index contributed by atoms with van der Waals surface area (Å²) in [6.45, 7) is 0. The zero-order valence-corrected chi connectivity index (χ0v) is 12.0. The first-order valence-corrected chi connectivity index (χ1v) is 7.46. The van der Waals surface area contributed by atoms with Crippen molar-refractivity contribution < 1.29 is 14.3 Å². The summed E-state index contributed by atoms with van der Waals surface area (Å²) in [5.74, 6) is 0.240. The van der Waals surface area contributed by atoms with Gasteiger partial charge < -0.3 is 10.1 Å². The van der Waals surface area contributed by atoms with Gasteiger partial charge in [-0.2, -0.15) is 11.8 Å². The van der Waals surface area contributed by atoms with Crippen LogP contribution in [0.2, 0.25) is 0 Å². The SMILES string of the molecule is COC(=O)C(CCSC)NC(=O)Cc1ccccc1. The van der Waals surface area contributed by atoms with E-state index < -0.39 is 12.0 Å². The van der Waals surface area contributed by atoms with Gasteiger partial charge in [0.15, 0.2) is 0 Å². The highest BCUT2D eigenvalue weighted by atomic mass is 32.2. The maximum Gasteiger partial charge on any atom is 0.328 e. The number of amides is 1. The molecule has 0 saturated heterocycles. The van der Waals surface area contributed by atoms with Gasteiger partial charge in [-0.15, -0.1) is 0 Å². The number of thioether (sulfide) groups is 1. The number of ether oxygens (including phenoxy) is 1. The Balaban J connectivity index is 2.53. The lowest BCUT2D eigenvalue weighted by Gasteiger charge is -2.16. The van der Waals surface area contributed by atoms with E-state index in [9.17, 15) is 9.59 Å². The van der Waals surface area contributed by atoms with E-state index in [0.29, 0.717) is 6.42 Å². The van der Waals surface area contributed by atoms with Gasteiger partial charge in [0.25, 0.3) is 0 Å². The molecule has 104 valence electrons. The highest BCUT2D eigenvalue weighted by molar-refractivity contribution is 7.98. The monoisotopic (exact) mass is 281 g/mol. The van der Waals surface area contributed by atoms with E-state index >= 15 is 0 Å². The van der Waals surface area contributed by atoms with Crippen LogP contribution in [-0.4, -0.2) is 37.0 Å². The van der Waals surface area contributed by atoms with Crippen molar-refractivity contribution in [3.8, 4) is 0 Å². The highest BCUT2D eigenvalue weighted by Gasteiger charge is 2.20. The number of hydrogen-bond donors (Lipinski definition) is 1. The topological polar surface area (TPSA) is 55.4 Å². The van der Waals surface area contributed by atoms with E-state index in [1.807, 2.05) is 36.6 Å². The van der Waals surface area contributed by atoms with Crippen LogP contribution in [0.15, 0.2) is 30.3 Å². The van der Waals surface area contributed by atoms with Gasteiger partial charge in [-0.3, -0.25) is 4.79 Å². The van der Waals surface area contributed by atoms with E-state index in [1.54, 1.807) is 11.8 Å². The molecule has 1 rings (SSSR count). The maximum atomic E-state index is 11.9. The summed E-state index contributed by atoms with van der Waals surface area (Å²) in [4.78, 5) is 23.4. The molecular weight excluding hydrogens is 262 g/mol. The molecule has 5 heteroatoms. The average molecular weight is 281 g/mol. The minimum atomic E-state index is -0.561. The number of rotatable bonds is 7. The second-order valence-electron chi connectivity index (χ2n) is 4.09. The minimum absolute atomic E-state index is 0.164. The second-order valence-corrected chi connectivity index (χ2v) is 5.07. The Bertz CT molecular complexity index is 408. The van der Waals surface area contributed by atoms with Gasteiger partial charge in [0.05, 0.1) is 13.5 Å². The van der Waals surface area contributed by atoms with Gasteiger partial charge >= 0.3 is 5.97 Å². The molecule has 1 amide bonds. The van der Waals surface area contributed by atoms with Gasteiger partial charge in [-0.05, 0) is 24.0 Å². The summed E-state index contributed by atoms with van der Waals surface area (Å²) < 4.78 is 4.70. The Kier molecular flexibility index (Phi) is 7.03. The van der Waals surface area contributed by atoms with Crippen LogP contribution in [0.3, 0.4) is 0 Å². The van der Waals surface area contributed by atoms with E-state index in [-0.39, 0.29) is 12.3 Å². The lowest BCUT2D eigenvalue weighted by Crippen LogP contribution is -2.42. The zero-order valence-electron chi connectivity index (χ0n) is 11.2. The highest BCUT2D eigenvalue weighted by Crippen LogP contribution is 2.04. The summed E-state index contributed by atoms with van der Waals surface area (Å²) in [5.41, 5.74) is 0.925. The Morgan fingerprint density at radius 3 is 2.58 bits per heavy atom. The lowest BCUT2D eigenvalue weighted by molar-refractivity contribution is -0.145. The first-order chi connectivity index (χ1) is 9.17. The predicted molar refractivity (Wildman–Crippen MR) is 77.1 cm³/mol. The fourth-order valence-corrected chi connectivity index (χ4v) is 2.12. The van der Waals surface area contributed by atoms with E-state index in [4.69, 9.17) is 4.74 Å². The Morgan fingerprint density at radius 1 is 1.32 bits per heavy atom. The molecule has 0 radical (unpaired) electrons. The summed E-state index contributed by atoms with van der Waals surface area (Å²) in [6, 6.07) is 8.87. The molecule has 0 aromatic heterocycles. The van der Waals surface area contributed by atoms with Crippen LogP contribution in [0.5, 0.6) is 0 Å². The van der Waals surface area contributed by atoms with Crippen molar-refractivity contribution >= 4 is 23.6 Å². The largest absolute Gasteiger partial charge is 0.467 e.